The van der Waals surface area contributed by atoms with Crippen molar-refractivity contribution in [1.82, 2.24) is 4.90 Å². The number of nitrogens with zero attached hydrogens (tertiary/aromatic N) is 1. The maximum Gasteiger partial charge on any atom is 0.235 e. The van der Waals surface area contributed by atoms with Crippen molar-refractivity contribution in [3.63, 3.8) is 0 Å². The van der Waals surface area contributed by atoms with Gasteiger partial charge in [0.05, 0.1) is 10.4 Å². The van der Waals surface area contributed by atoms with Gasteiger partial charge in [-0.1, -0.05) is 19.1 Å². The number of carbonyl (C=O) groups excluding carboxylic acids is 1. The summed E-state index contributed by atoms with van der Waals surface area (Å²) < 4.78 is 0. The van der Waals surface area contributed by atoms with Gasteiger partial charge in [-0.3, -0.25) is 4.79 Å². The van der Waals surface area contributed by atoms with Crippen LogP contribution in [-0.2, 0) is 4.79 Å². The molecule has 0 radical (unpaired) electrons. The summed E-state index contributed by atoms with van der Waals surface area (Å²) in [6.07, 6.45) is 2.62. The highest BCUT2D eigenvalue weighted by Crippen LogP contribution is 2.47. The van der Waals surface area contributed by atoms with Gasteiger partial charge >= 0.3 is 0 Å². The number of hydrogen-bond acceptors (Lipinski definition) is 2. The van der Waals surface area contributed by atoms with Crippen LogP contribution in [0, 0.1) is 5.41 Å². The molecule has 1 amide bonds. The van der Waals surface area contributed by atoms with Gasteiger partial charge in [-0.15, -0.1) is 0 Å². The molecular weight excluding hydrogens is 208 g/mol. The van der Waals surface area contributed by atoms with E-state index in [0.717, 1.165) is 25.8 Å². The van der Waals surface area contributed by atoms with E-state index in [-0.39, 0.29) is 11.9 Å². The summed E-state index contributed by atoms with van der Waals surface area (Å²) in [5.74, 6) is 0.131. The molecule has 86 valence electrons. The van der Waals surface area contributed by atoms with Crippen LogP contribution in [0.2, 0.25) is 0 Å². The van der Waals surface area contributed by atoms with E-state index < -0.39 is 5.41 Å². The molecule has 1 aliphatic rings. The molecule has 0 spiro atoms. The van der Waals surface area contributed by atoms with Crippen LogP contribution in [0.3, 0.4) is 0 Å². The highest BCUT2D eigenvalue weighted by Gasteiger charge is 2.54. The van der Waals surface area contributed by atoms with Crippen molar-refractivity contribution < 1.29 is 4.79 Å². The Labute approximate surface area is 97.0 Å². The molecule has 0 aromatic heterocycles. The lowest BCUT2D eigenvalue weighted by Gasteiger charge is -2.30. The van der Waals surface area contributed by atoms with Crippen LogP contribution in [-0.4, -0.2) is 28.4 Å². The van der Waals surface area contributed by atoms with Crippen molar-refractivity contribution >= 4 is 23.1 Å². The van der Waals surface area contributed by atoms with Crippen LogP contribution in [0.4, 0.5) is 0 Å². The molecule has 1 atom stereocenters. The summed E-state index contributed by atoms with van der Waals surface area (Å²) in [5, 5.41) is 0. The zero-order valence-corrected chi connectivity index (χ0v) is 10.6. The van der Waals surface area contributed by atoms with Crippen LogP contribution in [0.1, 0.15) is 40.0 Å². The number of hydrogen-bond donors (Lipinski definition) is 1. The van der Waals surface area contributed by atoms with Crippen molar-refractivity contribution in [3.05, 3.63) is 0 Å². The largest absolute Gasteiger partial charge is 0.392 e. The van der Waals surface area contributed by atoms with E-state index in [9.17, 15) is 4.79 Å². The van der Waals surface area contributed by atoms with Crippen LogP contribution >= 0.6 is 12.2 Å². The number of thiocarbonyl (C=S) groups is 1. The van der Waals surface area contributed by atoms with Gasteiger partial charge in [0.25, 0.3) is 0 Å². The summed E-state index contributed by atoms with van der Waals surface area (Å²) in [6, 6.07) is 0.273. The Kier molecular flexibility index (Phi) is 3.71. The SMILES string of the molecule is CCC(C)N(CC)C(=O)C1(C(N)=S)CC1. The number of amides is 1. The molecule has 4 heteroatoms. The third kappa shape index (κ3) is 2.14. The molecule has 0 aromatic carbocycles. The number of carbonyl (C=O) groups is 1. The van der Waals surface area contributed by atoms with Gasteiger partial charge in [0, 0.05) is 12.6 Å². The van der Waals surface area contributed by atoms with E-state index >= 15 is 0 Å². The minimum Gasteiger partial charge on any atom is -0.392 e. The maximum atomic E-state index is 12.3. The Morgan fingerprint density at radius 2 is 2.07 bits per heavy atom. The molecule has 0 saturated heterocycles. The quantitative estimate of drug-likeness (QED) is 0.729. The zero-order chi connectivity index (χ0) is 11.6. The standard InChI is InChI=1S/C11H20N2OS/c1-4-8(3)13(5-2)10(14)11(6-7-11)9(12)15/h8H,4-7H2,1-3H3,(H2,12,15). The lowest BCUT2D eigenvalue weighted by Crippen LogP contribution is -2.46. The molecular formula is C11H20N2OS. The van der Waals surface area contributed by atoms with Crippen LogP contribution in [0.5, 0.6) is 0 Å². The second-order valence-electron chi connectivity index (χ2n) is 4.29. The zero-order valence-electron chi connectivity index (χ0n) is 9.75. The van der Waals surface area contributed by atoms with Gasteiger partial charge in [0.1, 0.15) is 0 Å². The fourth-order valence-electron chi connectivity index (χ4n) is 1.84. The summed E-state index contributed by atoms with van der Waals surface area (Å²) in [5.41, 5.74) is 5.16. The Balaban J connectivity index is 2.78. The molecule has 3 nitrogen and oxygen atoms in total. The molecule has 0 aromatic rings. The van der Waals surface area contributed by atoms with Gasteiger partial charge in [-0.25, -0.2) is 0 Å². The maximum absolute atomic E-state index is 12.3. The summed E-state index contributed by atoms with van der Waals surface area (Å²) in [4.78, 5) is 14.5. The molecule has 0 aliphatic heterocycles. The molecule has 2 N–H and O–H groups in total. The van der Waals surface area contributed by atoms with Crippen molar-refractivity contribution in [3.8, 4) is 0 Å². The predicted octanol–water partition coefficient (Wildman–Crippen LogP) is 1.70. The first-order chi connectivity index (χ1) is 6.99. The van der Waals surface area contributed by atoms with Crippen molar-refractivity contribution in [2.75, 3.05) is 6.54 Å². The van der Waals surface area contributed by atoms with E-state index in [1.54, 1.807) is 0 Å². The monoisotopic (exact) mass is 228 g/mol. The van der Waals surface area contributed by atoms with E-state index in [1.807, 2.05) is 11.8 Å². The first-order valence-electron chi connectivity index (χ1n) is 5.60. The Morgan fingerprint density at radius 1 is 1.53 bits per heavy atom. The van der Waals surface area contributed by atoms with Crippen molar-refractivity contribution in [1.29, 1.82) is 0 Å². The lowest BCUT2D eigenvalue weighted by atomic mass is 10.0. The van der Waals surface area contributed by atoms with E-state index in [2.05, 4.69) is 13.8 Å². The third-order valence-electron chi connectivity index (χ3n) is 3.36. The topological polar surface area (TPSA) is 46.3 Å². The minimum atomic E-state index is -0.491. The van der Waals surface area contributed by atoms with Crippen molar-refractivity contribution in [2.24, 2.45) is 11.1 Å². The summed E-state index contributed by atoms with van der Waals surface area (Å²) >= 11 is 4.99. The molecule has 1 fully saturated rings. The number of rotatable bonds is 5. The number of nitrogens with two attached hydrogens (primary N) is 1. The Hall–Kier alpha value is -0.640. The van der Waals surface area contributed by atoms with Gasteiger partial charge < -0.3 is 10.6 Å². The lowest BCUT2D eigenvalue weighted by molar-refractivity contribution is -0.136. The van der Waals surface area contributed by atoms with Crippen molar-refractivity contribution in [2.45, 2.75) is 46.1 Å². The van der Waals surface area contributed by atoms with Gasteiger partial charge in [0.15, 0.2) is 0 Å². The van der Waals surface area contributed by atoms with E-state index in [4.69, 9.17) is 18.0 Å². The molecule has 1 saturated carbocycles. The second kappa shape index (κ2) is 4.47. The first kappa shape index (κ1) is 12.4. The van der Waals surface area contributed by atoms with Crippen LogP contribution in [0.15, 0.2) is 0 Å². The van der Waals surface area contributed by atoms with Crippen LogP contribution in [0.25, 0.3) is 0 Å². The second-order valence-corrected chi connectivity index (χ2v) is 4.73. The van der Waals surface area contributed by atoms with Gasteiger partial charge in [0.2, 0.25) is 5.91 Å². The molecule has 1 rings (SSSR count). The Morgan fingerprint density at radius 3 is 2.33 bits per heavy atom. The molecule has 15 heavy (non-hydrogen) atoms. The first-order valence-corrected chi connectivity index (χ1v) is 6.01. The van der Waals surface area contributed by atoms with E-state index in [0.29, 0.717) is 4.99 Å². The fourth-order valence-corrected chi connectivity index (χ4v) is 2.13. The minimum absolute atomic E-state index is 0.131. The summed E-state index contributed by atoms with van der Waals surface area (Å²) in [6.45, 7) is 6.88. The van der Waals surface area contributed by atoms with Crippen LogP contribution < -0.4 is 5.73 Å². The highest BCUT2D eigenvalue weighted by molar-refractivity contribution is 7.80. The van der Waals surface area contributed by atoms with Gasteiger partial charge in [-0.05, 0) is 33.1 Å². The third-order valence-corrected chi connectivity index (χ3v) is 3.75. The average molecular weight is 228 g/mol. The normalized spacial score (nSPS) is 19.4. The molecule has 1 aliphatic carbocycles. The molecule has 0 bridgehead atoms. The fraction of sp³-hybridized carbons (Fsp3) is 0.818. The average Bonchev–Trinajstić information content (AvgIpc) is 2.98. The molecule has 0 heterocycles. The van der Waals surface area contributed by atoms with Gasteiger partial charge in [-0.2, -0.15) is 0 Å². The Bertz CT molecular complexity index is 274. The summed E-state index contributed by atoms with van der Waals surface area (Å²) in [7, 11) is 0. The predicted molar refractivity (Wildman–Crippen MR) is 65.6 cm³/mol. The highest BCUT2D eigenvalue weighted by atomic mass is 32.1. The van der Waals surface area contributed by atoms with E-state index in [1.165, 1.54) is 0 Å². The molecule has 1 unspecified atom stereocenters. The smallest absolute Gasteiger partial charge is 0.235 e.